The Morgan fingerprint density at radius 1 is 1.07 bits per heavy atom. The van der Waals surface area contributed by atoms with Crippen LogP contribution in [0.3, 0.4) is 0 Å². The fourth-order valence-electron chi connectivity index (χ4n) is 3.92. The van der Waals surface area contributed by atoms with Gasteiger partial charge in [0.25, 0.3) is 5.56 Å². The maximum Gasteiger partial charge on any atom is 0.256 e. The summed E-state index contributed by atoms with van der Waals surface area (Å²) in [5.41, 5.74) is 1.82. The minimum absolute atomic E-state index is 0.0668. The Labute approximate surface area is 164 Å². The van der Waals surface area contributed by atoms with Gasteiger partial charge in [0.1, 0.15) is 0 Å². The first-order chi connectivity index (χ1) is 13.6. The quantitative estimate of drug-likeness (QED) is 0.762. The fourth-order valence-corrected chi connectivity index (χ4v) is 3.92. The van der Waals surface area contributed by atoms with Crippen LogP contribution < -0.4 is 5.56 Å². The molecule has 1 aliphatic heterocycles. The second kappa shape index (κ2) is 7.98. The number of carbonyl (C=O) groups is 1. The lowest BCUT2D eigenvalue weighted by molar-refractivity contribution is -0.133. The van der Waals surface area contributed by atoms with E-state index in [1.54, 1.807) is 6.07 Å². The van der Waals surface area contributed by atoms with Crippen LogP contribution in [-0.2, 0) is 17.6 Å². The monoisotopic (exact) mass is 375 g/mol. The van der Waals surface area contributed by atoms with Crippen LogP contribution in [0.15, 0.2) is 65.5 Å². The van der Waals surface area contributed by atoms with Gasteiger partial charge in [0.2, 0.25) is 5.91 Å². The predicted octanol–water partition coefficient (Wildman–Crippen LogP) is 2.46. The lowest BCUT2D eigenvalue weighted by Crippen LogP contribution is -2.54. The lowest BCUT2D eigenvalue weighted by Gasteiger charge is -2.39. The third-order valence-corrected chi connectivity index (χ3v) is 5.59. The fraction of sp³-hybridized carbons (Fsp3) is 0.304. The summed E-state index contributed by atoms with van der Waals surface area (Å²) in [6, 6.07) is 20.1. The number of pyridine rings is 1. The molecule has 3 aromatic rings. The number of benzene rings is 2. The number of aromatic nitrogens is 1. The molecule has 0 aliphatic carbocycles. The van der Waals surface area contributed by atoms with Crippen molar-refractivity contribution in [2.24, 2.45) is 0 Å². The van der Waals surface area contributed by atoms with E-state index in [9.17, 15) is 9.59 Å². The van der Waals surface area contributed by atoms with Crippen LogP contribution in [0.25, 0.3) is 10.8 Å². The summed E-state index contributed by atoms with van der Waals surface area (Å²) < 4.78 is 0. The van der Waals surface area contributed by atoms with Crippen molar-refractivity contribution in [2.45, 2.75) is 18.9 Å². The first-order valence-electron chi connectivity index (χ1n) is 9.73. The van der Waals surface area contributed by atoms with Crippen molar-refractivity contribution in [3.63, 3.8) is 0 Å². The molecule has 2 heterocycles. The summed E-state index contributed by atoms with van der Waals surface area (Å²) in [4.78, 5) is 32.3. The summed E-state index contributed by atoms with van der Waals surface area (Å²) in [7, 11) is 2.12. The molecule has 1 fully saturated rings. The van der Waals surface area contributed by atoms with Crippen LogP contribution in [0.4, 0.5) is 0 Å². The van der Waals surface area contributed by atoms with Gasteiger partial charge in [-0.05, 0) is 36.6 Å². The Morgan fingerprint density at radius 3 is 2.64 bits per heavy atom. The van der Waals surface area contributed by atoms with E-state index in [4.69, 9.17) is 0 Å². The Balaban J connectivity index is 1.46. The highest BCUT2D eigenvalue weighted by Crippen LogP contribution is 2.16. The third kappa shape index (κ3) is 3.99. The number of hydrogen-bond donors (Lipinski definition) is 1. The van der Waals surface area contributed by atoms with Crippen molar-refractivity contribution >= 4 is 16.7 Å². The molecule has 28 heavy (non-hydrogen) atoms. The first-order valence-corrected chi connectivity index (χ1v) is 9.73. The van der Waals surface area contributed by atoms with E-state index in [0.29, 0.717) is 23.7 Å². The van der Waals surface area contributed by atoms with E-state index in [0.717, 1.165) is 24.9 Å². The molecule has 5 heteroatoms. The second-order valence-electron chi connectivity index (χ2n) is 7.55. The molecule has 0 spiro atoms. The minimum Gasteiger partial charge on any atom is -0.339 e. The zero-order chi connectivity index (χ0) is 19.5. The highest BCUT2D eigenvalue weighted by molar-refractivity contribution is 5.84. The molecule has 1 amide bonds. The molecule has 0 unspecified atom stereocenters. The number of aromatic amines is 1. The van der Waals surface area contributed by atoms with Gasteiger partial charge in [0, 0.05) is 36.8 Å². The maximum absolute atomic E-state index is 12.9. The van der Waals surface area contributed by atoms with E-state index < -0.39 is 0 Å². The Kier molecular flexibility index (Phi) is 5.26. The average Bonchev–Trinajstić information content (AvgIpc) is 2.70. The zero-order valence-electron chi connectivity index (χ0n) is 16.1. The zero-order valence-corrected chi connectivity index (χ0v) is 16.1. The molecule has 0 saturated carbocycles. The summed E-state index contributed by atoms with van der Waals surface area (Å²) in [5, 5.41) is 1.52. The van der Waals surface area contributed by atoms with Gasteiger partial charge in [-0.1, -0.05) is 48.5 Å². The predicted molar refractivity (Wildman–Crippen MR) is 111 cm³/mol. The van der Waals surface area contributed by atoms with Crippen LogP contribution in [0.5, 0.6) is 0 Å². The van der Waals surface area contributed by atoms with Gasteiger partial charge in [0.15, 0.2) is 0 Å². The van der Waals surface area contributed by atoms with Gasteiger partial charge in [-0.2, -0.15) is 0 Å². The molecule has 1 atom stereocenters. The number of H-pyrrole nitrogens is 1. The molecular weight excluding hydrogens is 350 g/mol. The van der Waals surface area contributed by atoms with Gasteiger partial charge in [0.05, 0.1) is 6.42 Å². The van der Waals surface area contributed by atoms with Gasteiger partial charge in [-0.25, -0.2) is 0 Å². The van der Waals surface area contributed by atoms with Crippen molar-refractivity contribution in [1.29, 1.82) is 0 Å². The van der Waals surface area contributed by atoms with Gasteiger partial charge < -0.3 is 9.88 Å². The van der Waals surface area contributed by atoms with Crippen LogP contribution in [-0.4, -0.2) is 53.4 Å². The maximum atomic E-state index is 12.9. The van der Waals surface area contributed by atoms with E-state index in [1.807, 2.05) is 35.2 Å². The second-order valence-corrected chi connectivity index (χ2v) is 7.55. The molecular formula is C23H25N3O2. The molecule has 4 rings (SSSR count). The SMILES string of the molecule is CN1CCN(C(=O)Cc2cc3ccccc3c(=O)[nH]2)C[C@@H]1Cc1ccccc1. The van der Waals surface area contributed by atoms with E-state index in [1.165, 1.54) is 5.56 Å². The number of rotatable bonds is 4. The van der Waals surface area contributed by atoms with Gasteiger partial charge in [-0.3, -0.25) is 14.5 Å². The molecule has 2 aromatic carbocycles. The number of nitrogens with one attached hydrogen (secondary N) is 1. The number of piperazine rings is 1. The number of likely N-dealkylation sites (N-methyl/N-ethyl adjacent to an activating group) is 1. The standard InChI is InChI=1S/C23H25N3O2/c1-25-11-12-26(16-20(25)13-17-7-3-2-4-8-17)22(27)15-19-14-18-9-5-6-10-21(18)23(28)24-19/h2-10,14,20H,11-13,15-16H2,1H3,(H,24,28)/t20-/m0/s1. The molecule has 0 bridgehead atoms. The molecule has 1 saturated heterocycles. The number of carbonyl (C=O) groups excluding carboxylic acids is 1. The highest BCUT2D eigenvalue weighted by Gasteiger charge is 2.27. The van der Waals surface area contributed by atoms with Crippen molar-refractivity contribution in [3.8, 4) is 0 Å². The van der Waals surface area contributed by atoms with Gasteiger partial charge >= 0.3 is 0 Å². The van der Waals surface area contributed by atoms with Crippen LogP contribution in [0, 0.1) is 0 Å². The number of hydrogen-bond acceptors (Lipinski definition) is 3. The lowest BCUT2D eigenvalue weighted by atomic mass is 10.0. The summed E-state index contributed by atoms with van der Waals surface area (Å²) in [6.45, 7) is 2.29. The van der Waals surface area contributed by atoms with E-state index >= 15 is 0 Å². The van der Waals surface area contributed by atoms with Crippen molar-refractivity contribution in [2.75, 3.05) is 26.7 Å². The van der Waals surface area contributed by atoms with Crippen LogP contribution in [0.2, 0.25) is 0 Å². The Bertz CT molecular complexity index is 1030. The number of fused-ring (bicyclic) bond motifs is 1. The molecule has 5 nitrogen and oxygen atoms in total. The molecule has 1 aliphatic rings. The summed E-state index contributed by atoms with van der Waals surface area (Å²) in [6.07, 6.45) is 1.15. The van der Waals surface area contributed by atoms with E-state index in [-0.39, 0.29) is 17.9 Å². The van der Waals surface area contributed by atoms with Crippen molar-refractivity contribution in [3.05, 3.63) is 82.3 Å². The summed E-state index contributed by atoms with van der Waals surface area (Å²) in [5.74, 6) is 0.0668. The Hall–Kier alpha value is -2.92. The highest BCUT2D eigenvalue weighted by atomic mass is 16.2. The van der Waals surface area contributed by atoms with Crippen LogP contribution >= 0.6 is 0 Å². The van der Waals surface area contributed by atoms with Gasteiger partial charge in [-0.15, -0.1) is 0 Å². The molecule has 1 aromatic heterocycles. The van der Waals surface area contributed by atoms with E-state index in [2.05, 4.69) is 41.2 Å². The molecule has 1 N–H and O–H groups in total. The molecule has 0 radical (unpaired) electrons. The number of nitrogens with zero attached hydrogens (tertiary/aromatic N) is 2. The largest absolute Gasteiger partial charge is 0.339 e. The Morgan fingerprint density at radius 2 is 1.82 bits per heavy atom. The topological polar surface area (TPSA) is 56.4 Å². The average molecular weight is 375 g/mol. The molecule has 144 valence electrons. The summed E-state index contributed by atoms with van der Waals surface area (Å²) >= 11 is 0. The van der Waals surface area contributed by atoms with Crippen molar-refractivity contribution < 1.29 is 4.79 Å². The minimum atomic E-state index is -0.138. The number of amides is 1. The van der Waals surface area contributed by atoms with Crippen molar-refractivity contribution in [1.82, 2.24) is 14.8 Å². The van der Waals surface area contributed by atoms with Crippen LogP contribution in [0.1, 0.15) is 11.3 Å². The smallest absolute Gasteiger partial charge is 0.256 e. The first kappa shape index (κ1) is 18.4. The third-order valence-electron chi connectivity index (χ3n) is 5.59. The normalized spacial score (nSPS) is 17.8.